The van der Waals surface area contributed by atoms with Gasteiger partial charge in [0.25, 0.3) is 0 Å². The molecule has 1 saturated carbocycles. The maximum Gasteiger partial charge on any atom is 0.314 e. The highest BCUT2D eigenvalue weighted by atomic mass is 19.1. The zero-order valence-electron chi connectivity index (χ0n) is 18.3. The first-order chi connectivity index (χ1) is 15.1. The maximum atomic E-state index is 14.5. The molecule has 3 rings (SSSR count). The van der Waals surface area contributed by atoms with E-state index in [0.717, 1.165) is 42.7 Å². The highest BCUT2D eigenvalue weighted by molar-refractivity contribution is 5.75. The quantitative estimate of drug-likeness (QED) is 0.316. The molecule has 1 aliphatic carbocycles. The molecule has 2 aromatic rings. The Morgan fingerprint density at radius 1 is 1.00 bits per heavy atom. The molecule has 3 heteroatoms. The summed E-state index contributed by atoms with van der Waals surface area (Å²) in [6.07, 6.45) is 7.61. The van der Waals surface area contributed by atoms with Gasteiger partial charge >= 0.3 is 5.97 Å². The van der Waals surface area contributed by atoms with Gasteiger partial charge in [0, 0.05) is 17.2 Å². The second kappa shape index (κ2) is 11.4. The lowest BCUT2D eigenvalue weighted by atomic mass is 9.80. The van der Waals surface area contributed by atoms with Gasteiger partial charge in [0.2, 0.25) is 0 Å². The summed E-state index contributed by atoms with van der Waals surface area (Å²) >= 11 is 0. The molecule has 0 unspecified atom stereocenters. The number of ether oxygens (including phenoxy) is 1. The molecule has 1 aliphatic rings. The minimum atomic E-state index is -0.491. The number of esters is 1. The van der Waals surface area contributed by atoms with Crippen LogP contribution in [0, 0.1) is 41.3 Å². The van der Waals surface area contributed by atoms with Gasteiger partial charge in [0.15, 0.2) is 0 Å². The lowest BCUT2D eigenvalue weighted by Crippen LogP contribution is -2.25. The smallest absolute Gasteiger partial charge is 0.314 e. The Balaban J connectivity index is 1.57. The van der Waals surface area contributed by atoms with Crippen molar-refractivity contribution in [3.63, 3.8) is 0 Å². The van der Waals surface area contributed by atoms with E-state index in [-0.39, 0.29) is 23.2 Å². The first kappa shape index (κ1) is 22.6. The number of carbonyl (C=O) groups excluding carboxylic acids is 1. The Morgan fingerprint density at radius 2 is 1.68 bits per heavy atom. The summed E-state index contributed by atoms with van der Waals surface area (Å²) in [5, 5.41) is 0. The predicted octanol–water partition coefficient (Wildman–Crippen LogP) is 6.50. The largest absolute Gasteiger partial charge is 0.426 e. The van der Waals surface area contributed by atoms with Gasteiger partial charge in [-0.1, -0.05) is 43.9 Å². The molecule has 1 fully saturated rings. The van der Waals surface area contributed by atoms with Gasteiger partial charge in [-0.15, -0.1) is 5.92 Å². The first-order valence-corrected chi connectivity index (χ1v) is 11.1. The number of hydrogen-bond donors (Lipinski definition) is 0. The molecule has 0 aliphatic heterocycles. The fourth-order valence-electron chi connectivity index (χ4n) is 3.96. The summed E-state index contributed by atoms with van der Waals surface area (Å²) in [6.45, 7) is 4.00. The van der Waals surface area contributed by atoms with Crippen molar-refractivity contribution >= 4 is 5.97 Å². The number of benzene rings is 2. The third kappa shape index (κ3) is 6.73. The Bertz CT molecular complexity index is 1010. The van der Waals surface area contributed by atoms with Crippen LogP contribution in [-0.2, 0) is 4.79 Å². The fourth-order valence-corrected chi connectivity index (χ4v) is 3.96. The molecule has 0 aromatic heterocycles. The zero-order valence-corrected chi connectivity index (χ0v) is 18.3. The second-order valence-corrected chi connectivity index (χ2v) is 8.12. The van der Waals surface area contributed by atoms with E-state index in [9.17, 15) is 9.18 Å². The van der Waals surface area contributed by atoms with Crippen molar-refractivity contribution in [3.05, 3.63) is 65.0 Å². The van der Waals surface area contributed by atoms with Crippen LogP contribution in [0.4, 0.5) is 4.39 Å². The first-order valence-electron chi connectivity index (χ1n) is 11.1. The van der Waals surface area contributed by atoms with E-state index in [1.54, 1.807) is 19.1 Å². The lowest BCUT2D eigenvalue weighted by Gasteiger charge is -2.27. The van der Waals surface area contributed by atoms with Gasteiger partial charge < -0.3 is 4.74 Å². The van der Waals surface area contributed by atoms with Gasteiger partial charge in [-0.25, -0.2) is 4.39 Å². The van der Waals surface area contributed by atoms with Crippen LogP contribution in [0.25, 0.3) is 0 Å². The molecule has 0 heterocycles. The molecule has 0 N–H and O–H groups in total. The van der Waals surface area contributed by atoms with Crippen molar-refractivity contribution < 1.29 is 13.9 Å². The zero-order chi connectivity index (χ0) is 22.1. The van der Waals surface area contributed by atoms with Gasteiger partial charge in [0.1, 0.15) is 11.6 Å². The Hall–Kier alpha value is -3.04. The monoisotopic (exact) mass is 416 g/mol. The molecule has 2 nitrogen and oxygen atoms in total. The van der Waals surface area contributed by atoms with Crippen LogP contribution < -0.4 is 4.74 Å². The molecule has 0 saturated heterocycles. The third-order valence-corrected chi connectivity index (χ3v) is 5.80. The molecular formula is C28H29FO2. The molecule has 0 bridgehead atoms. The molecule has 0 atom stereocenters. The van der Waals surface area contributed by atoms with Crippen LogP contribution in [0.5, 0.6) is 5.75 Å². The number of hydrogen-bond acceptors (Lipinski definition) is 2. The van der Waals surface area contributed by atoms with Crippen molar-refractivity contribution in [2.75, 3.05) is 0 Å². The number of halogens is 1. The van der Waals surface area contributed by atoms with Crippen molar-refractivity contribution in [3.8, 4) is 29.4 Å². The van der Waals surface area contributed by atoms with Crippen molar-refractivity contribution in [1.29, 1.82) is 0 Å². The molecule has 0 radical (unpaired) electrons. The average Bonchev–Trinajstić information content (AvgIpc) is 2.78. The standard InChI is InChI=1S/C28H29FO2/c1-3-5-7-22-13-16-25(17-14-22)28(30)31-26-19-18-24(27(29)20-26)15-12-23-10-8-21(6-4-2)9-11-23/h8-11,18-20,22,25H,3,5,7,13-14,16-17H2,1-2H3. The summed E-state index contributed by atoms with van der Waals surface area (Å²) in [5.41, 5.74) is 1.97. The SMILES string of the molecule is CC#Cc1ccc(C#Cc2ccc(OC(=O)C3CCC(CCCC)CC3)cc2F)cc1. The fraction of sp³-hybridized carbons (Fsp3) is 0.393. The molecule has 31 heavy (non-hydrogen) atoms. The van der Waals surface area contributed by atoms with E-state index in [1.165, 1.54) is 25.3 Å². The van der Waals surface area contributed by atoms with Crippen LogP contribution in [0.3, 0.4) is 0 Å². The maximum absolute atomic E-state index is 14.5. The van der Waals surface area contributed by atoms with Crippen molar-refractivity contribution in [1.82, 2.24) is 0 Å². The topological polar surface area (TPSA) is 26.3 Å². The summed E-state index contributed by atoms with van der Waals surface area (Å²) < 4.78 is 19.9. The lowest BCUT2D eigenvalue weighted by molar-refractivity contribution is -0.140. The summed E-state index contributed by atoms with van der Waals surface area (Å²) in [6, 6.07) is 11.9. The normalized spacial score (nSPS) is 17.6. The van der Waals surface area contributed by atoms with Crippen LogP contribution in [-0.4, -0.2) is 5.97 Å². The van der Waals surface area contributed by atoms with Gasteiger partial charge in [-0.3, -0.25) is 4.79 Å². The van der Waals surface area contributed by atoms with Crippen LogP contribution >= 0.6 is 0 Å². The Morgan fingerprint density at radius 3 is 2.29 bits per heavy atom. The minimum absolute atomic E-state index is 0.0826. The van der Waals surface area contributed by atoms with Crippen molar-refractivity contribution in [2.24, 2.45) is 11.8 Å². The highest BCUT2D eigenvalue weighted by Crippen LogP contribution is 2.33. The van der Waals surface area contributed by atoms with E-state index in [0.29, 0.717) is 0 Å². The minimum Gasteiger partial charge on any atom is -0.426 e. The van der Waals surface area contributed by atoms with E-state index in [4.69, 9.17) is 4.74 Å². The average molecular weight is 417 g/mol. The van der Waals surface area contributed by atoms with Gasteiger partial charge in [-0.05, 0) is 74.9 Å². The van der Waals surface area contributed by atoms with Gasteiger partial charge in [0.05, 0.1) is 11.5 Å². The van der Waals surface area contributed by atoms with E-state index >= 15 is 0 Å². The summed E-state index contributed by atoms with van der Waals surface area (Å²) in [5.74, 6) is 11.8. The predicted molar refractivity (Wildman–Crippen MR) is 122 cm³/mol. The highest BCUT2D eigenvalue weighted by Gasteiger charge is 2.27. The number of carbonyl (C=O) groups is 1. The molecule has 160 valence electrons. The van der Waals surface area contributed by atoms with Crippen LogP contribution in [0.2, 0.25) is 0 Å². The summed E-state index contributed by atoms with van der Waals surface area (Å²) in [4.78, 5) is 12.5. The van der Waals surface area contributed by atoms with E-state index in [1.807, 2.05) is 24.3 Å². The van der Waals surface area contributed by atoms with Crippen LogP contribution in [0.15, 0.2) is 42.5 Å². The second-order valence-electron chi connectivity index (χ2n) is 8.12. The van der Waals surface area contributed by atoms with E-state index < -0.39 is 5.82 Å². The Labute approximate surface area is 185 Å². The number of unbranched alkanes of at least 4 members (excludes halogenated alkanes) is 1. The molecular weight excluding hydrogens is 387 g/mol. The molecule has 2 aromatic carbocycles. The number of rotatable bonds is 5. The van der Waals surface area contributed by atoms with Gasteiger partial charge in [-0.2, -0.15) is 0 Å². The third-order valence-electron chi connectivity index (χ3n) is 5.80. The molecule has 0 amide bonds. The van der Waals surface area contributed by atoms with Crippen molar-refractivity contribution in [2.45, 2.75) is 58.8 Å². The van der Waals surface area contributed by atoms with Crippen LogP contribution in [0.1, 0.15) is 75.5 Å². The Kier molecular flexibility index (Phi) is 8.31. The van der Waals surface area contributed by atoms with E-state index in [2.05, 4.69) is 30.6 Å². The summed E-state index contributed by atoms with van der Waals surface area (Å²) in [7, 11) is 0. The molecule has 0 spiro atoms.